The number of carboxylic acids is 1. The van der Waals surface area contributed by atoms with Crippen LogP contribution >= 0.6 is 0 Å². The number of carboxylic acid groups (broad SMARTS) is 1. The summed E-state index contributed by atoms with van der Waals surface area (Å²) in [6.45, 7) is 0.218. The lowest BCUT2D eigenvalue weighted by atomic mass is 9.86. The number of carbonyl (C=O) groups excluding carboxylic acids is 2. The standard InChI is InChI=1S/C24H19F3N4O4/c1-29-9-8-18-19(21(29)32)20(16-7-6-13(12-28)10-17(16)22(33)34)30(2)23(35)31(18)15-5-3-4-14(11-15)24(25,26)27/h3-7,10-11,20H,8-9H2,1-2H3,(H,33,34). The Morgan fingerprint density at radius 3 is 2.49 bits per heavy atom. The van der Waals surface area contributed by atoms with Crippen molar-refractivity contribution in [1.29, 1.82) is 5.26 Å². The second-order valence-corrected chi connectivity index (χ2v) is 8.24. The highest BCUT2D eigenvalue weighted by atomic mass is 19.4. The van der Waals surface area contributed by atoms with Gasteiger partial charge in [-0.1, -0.05) is 12.1 Å². The molecule has 8 nitrogen and oxygen atoms in total. The molecule has 0 aromatic heterocycles. The predicted molar refractivity (Wildman–Crippen MR) is 117 cm³/mol. The van der Waals surface area contributed by atoms with Crippen molar-refractivity contribution in [2.75, 3.05) is 25.5 Å². The highest BCUT2D eigenvalue weighted by Crippen LogP contribution is 2.44. The number of nitriles is 1. The third-order valence-corrected chi connectivity index (χ3v) is 6.13. The van der Waals surface area contributed by atoms with Crippen molar-refractivity contribution in [3.05, 3.63) is 76.0 Å². The van der Waals surface area contributed by atoms with Crippen LogP contribution in [0, 0.1) is 11.3 Å². The molecule has 11 heteroatoms. The SMILES string of the molecule is CN1CCC2=C(C1=O)C(c1ccc(C#N)cc1C(=O)O)N(C)C(=O)N2c1cccc(C(F)(F)F)c1. The van der Waals surface area contributed by atoms with Crippen LogP contribution in [0.1, 0.15) is 39.5 Å². The fraction of sp³-hybridized carbons (Fsp3) is 0.250. The number of amides is 3. The van der Waals surface area contributed by atoms with Crippen molar-refractivity contribution in [2.45, 2.75) is 18.6 Å². The van der Waals surface area contributed by atoms with Gasteiger partial charge in [0.05, 0.1) is 40.1 Å². The van der Waals surface area contributed by atoms with E-state index in [0.29, 0.717) is 0 Å². The van der Waals surface area contributed by atoms with Crippen molar-refractivity contribution < 1.29 is 32.7 Å². The van der Waals surface area contributed by atoms with Gasteiger partial charge in [-0.15, -0.1) is 0 Å². The molecular weight excluding hydrogens is 465 g/mol. The Morgan fingerprint density at radius 2 is 1.86 bits per heavy atom. The Balaban J connectivity index is 1.97. The molecule has 1 N–H and O–H groups in total. The fourth-order valence-electron chi connectivity index (χ4n) is 4.42. The molecule has 4 rings (SSSR count). The number of aromatic carboxylic acids is 1. The molecule has 0 spiro atoms. The topological polar surface area (TPSA) is 105 Å². The molecule has 2 aromatic carbocycles. The summed E-state index contributed by atoms with van der Waals surface area (Å²) in [6.07, 6.45) is -4.47. The number of anilines is 1. The van der Waals surface area contributed by atoms with Gasteiger partial charge >= 0.3 is 18.2 Å². The van der Waals surface area contributed by atoms with Crippen LogP contribution in [0.15, 0.2) is 53.7 Å². The number of carbonyl (C=O) groups is 3. The average Bonchev–Trinajstić information content (AvgIpc) is 2.82. The molecule has 3 amide bonds. The van der Waals surface area contributed by atoms with Crippen LogP contribution in [0.4, 0.5) is 23.7 Å². The number of hydrogen-bond donors (Lipinski definition) is 1. The minimum atomic E-state index is -4.64. The Morgan fingerprint density at radius 1 is 1.14 bits per heavy atom. The van der Waals surface area contributed by atoms with E-state index in [1.54, 1.807) is 7.05 Å². The van der Waals surface area contributed by atoms with Gasteiger partial charge in [0.2, 0.25) is 0 Å². The predicted octanol–water partition coefficient (Wildman–Crippen LogP) is 4.00. The zero-order valence-corrected chi connectivity index (χ0v) is 18.6. The number of urea groups is 1. The third-order valence-electron chi connectivity index (χ3n) is 6.13. The van der Waals surface area contributed by atoms with Gasteiger partial charge in [-0.2, -0.15) is 18.4 Å². The normalized spacial score (nSPS) is 18.5. The zero-order chi connectivity index (χ0) is 25.7. The summed E-state index contributed by atoms with van der Waals surface area (Å²) in [5.41, 5.74) is -0.761. The quantitative estimate of drug-likeness (QED) is 0.709. The van der Waals surface area contributed by atoms with Crippen molar-refractivity contribution in [3.63, 3.8) is 0 Å². The summed E-state index contributed by atoms with van der Waals surface area (Å²) >= 11 is 0. The average molecular weight is 484 g/mol. The van der Waals surface area contributed by atoms with E-state index in [-0.39, 0.29) is 46.6 Å². The maximum Gasteiger partial charge on any atom is 0.416 e. The van der Waals surface area contributed by atoms with Crippen LogP contribution in [0.3, 0.4) is 0 Å². The van der Waals surface area contributed by atoms with Gasteiger partial charge in [-0.05, 0) is 35.9 Å². The van der Waals surface area contributed by atoms with E-state index in [1.165, 1.54) is 36.2 Å². The van der Waals surface area contributed by atoms with E-state index in [9.17, 15) is 37.9 Å². The van der Waals surface area contributed by atoms with Crippen molar-refractivity contribution in [1.82, 2.24) is 9.80 Å². The number of hydrogen-bond acceptors (Lipinski definition) is 4. The second-order valence-electron chi connectivity index (χ2n) is 8.24. The van der Waals surface area contributed by atoms with Gasteiger partial charge in [-0.3, -0.25) is 9.69 Å². The summed E-state index contributed by atoms with van der Waals surface area (Å²) in [5.74, 6) is -1.83. The molecule has 0 radical (unpaired) electrons. The van der Waals surface area contributed by atoms with E-state index in [1.807, 2.05) is 6.07 Å². The lowest BCUT2D eigenvalue weighted by Gasteiger charge is -2.45. The van der Waals surface area contributed by atoms with Gasteiger partial charge in [0.25, 0.3) is 5.91 Å². The first kappa shape index (κ1) is 23.8. The molecule has 2 aliphatic rings. The summed E-state index contributed by atoms with van der Waals surface area (Å²) in [6, 6.07) is 8.19. The Labute approximate surface area is 198 Å². The molecule has 0 bridgehead atoms. The number of benzene rings is 2. The van der Waals surface area contributed by atoms with E-state index in [2.05, 4.69) is 0 Å². The molecule has 180 valence electrons. The lowest BCUT2D eigenvalue weighted by molar-refractivity contribution is -0.137. The van der Waals surface area contributed by atoms with Gasteiger partial charge in [0.15, 0.2) is 0 Å². The van der Waals surface area contributed by atoms with Gasteiger partial charge in [0.1, 0.15) is 0 Å². The highest BCUT2D eigenvalue weighted by molar-refractivity contribution is 6.06. The van der Waals surface area contributed by atoms with E-state index in [4.69, 9.17) is 0 Å². The van der Waals surface area contributed by atoms with E-state index < -0.39 is 35.7 Å². The van der Waals surface area contributed by atoms with Crippen LogP contribution in [-0.4, -0.2) is 53.5 Å². The number of halogens is 3. The Kier molecular flexibility index (Phi) is 5.76. The first-order valence-corrected chi connectivity index (χ1v) is 10.5. The third kappa shape index (κ3) is 3.97. The maximum absolute atomic E-state index is 13.5. The summed E-state index contributed by atoms with van der Waals surface area (Å²) in [4.78, 5) is 42.5. The van der Waals surface area contributed by atoms with Crippen LogP contribution in [-0.2, 0) is 11.0 Å². The minimum absolute atomic E-state index is 0.0572. The molecule has 0 saturated carbocycles. The largest absolute Gasteiger partial charge is 0.478 e. The first-order valence-electron chi connectivity index (χ1n) is 10.5. The van der Waals surface area contributed by atoms with Crippen LogP contribution in [0.5, 0.6) is 0 Å². The molecule has 0 saturated heterocycles. The first-order chi connectivity index (χ1) is 16.5. The van der Waals surface area contributed by atoms with Crippen molar-refractivity contribution >= 4 is 23.6 Å². The van der Waals surface area contributed by atoms with Crippen LogP contribution < -0.4 is 4.90 Å². The fourth-order valence-corrected chi connectivity index (χ4v) is 4.42. The number of nitrogens with zero attached hydrogens (tertiary/aromatic N) is 4. The van der Waals surface area contributed by atoms with Gasteiger partial charge < -0.3 is 14.9 Å². The Hall–Kier alpha value is -4.33. The van der Waals surface area contributed by atoms with Crippen molar-refractivity contribution in [3.8, 4) is 6.07 Å². The molecule has 35 heavy (non-hydrogen) atoms. The summed E-state index contributed by atoms with van der Waals surface area (Å²) in [7, 11) is 2.90. The summed E-state index contributed by atoms with van der Waals surface area (Å²) < 4.78 is 40.1. The minimum Gasteiger partial charge on any atom is -0.478 e. The monoisotopic (exact) mass is 484 g/mol. The van der Waals surface area contributed by atoms with Crippen LogP contribution in [0.2, 0.25) is 0 Å². The molecule has 1 unspecified atom stereocenters. The summed E-state index contributed by atoms with van der Waals surface area (Å²) in [5, 5.41) is 19.0. The maximum atomic E-state index is 13.5. The molecule has 0 fully saturated rings. The molecule has 2 aromatic rings. The highest BCUT2D eigenvalue weighted by Gasteiger charge is 2.46. The number of rotatable bonds is 3. The smallest absolute Gasteiger partial charge is 0.416 e. The lowest BCUT2D eigenvalue weighted by Crippen LogP contribution is -2.53. The van der Waals surface area contributed by atoms with Crippen LogP contribution in [0.25, 0.3) is 0 Å². The molecular formula is C24H19F3N4O4. The van der Waals surface area contributed by atoms with Crippen molar-refractivity contribution in [2.24, 2.45) is 0 Å². The number of likely N-dealkylation sites (N-methyl/N-ethyl adjacent to an activating group) is 2. The molecule has 2 heterocycles. The van der Waals surface area contributed by atoms with Gasteiger partial charge in [-0.25, -0.2) is 9.59 Å². The Bertz CT molecular complexity index is 1330. The van der Waals surface area contributed by atoms with E-state index in [0.717, 1.165) is 28.0 Å². The molecule has 2 aliphatic heterocycles. The van der Waals surface area contributed by atoms with Gasteiger partial charge in [0, 0.05) is 32.8 Å². The zero-order valence-electron chi connectivity index (χ0n) is 18.6. The van der Waals surface area contributed by atoms with E-state index >= 15 is 0 Å². The molecule has 1 atom stereocenters. The molecule has 0 aliphatic carbocycles. The number of alkyl halides is 3. The second kappa shape index (κ2) is 8.47.